The number of hydrogen-bond acceptors (Lipinski definition) is 10. The molecule has 0 atom stereocenters. The van der Waals surface area contributed by atoms with Gasteiger partial charge < -0.3 is 55.8 Å². The number of methoxy groups -OCH3 is 2. The number of rotatable bonds is 12. The van der Waals surface area contributed by atoms with Gasteiger partial charge in [0.1, 0.15) is 23.7 Å². The molecule has 0 radical (unpaired) electrons. The third kappa shape index (κ3) is 8.92. The first-order valence-corrected chi connectivity index (χ1v) is 18.7. The third-order valence-corrected chi connectivity index (χ3v) is 11.0. The number of nitrogens with one attached hydrogen (secondary N) is 1. The summed E-state index contributed by atoms with van der Waals surface area (Å²) in [5.74, 6) is 1.03. The first-order valence-electron chi connectivity index (χ1n) is 17.1. The summed E-state index contributed by atoms with van der Waals surface area (Å²) in [5, 5.41) is 15.3. The lowest BCUT2D eigenvalue weighted by Gasteiger charge is -2.33. The summed E-state index contributed by atoms with van der Waals surface area (Å²) in [6.07, 6.45) is 7.51. The number of nitrogens with zero attached hydrogens (tertiary/aromatic N) is 8. The molecule has 2 aromatic carbocycles. The Bertz CT molecular complexity index is 2280. The summed E-state index contributed by atoms with van der Waals surface area (Å²) >= 11 is 7.32. The maximum absolute atomic E-state index is 14.7. The number of para-hydroxylation sites is 1. The molecule has 18 heteroatoms. The molecular formula is C37H40Br3N9O6. The molecule has 1 aliphatic heterocycles. The molecule has 1 N–H and O–H groups in total. The predicted octanol–water partition coefficient (Wildman–Crippen LogP) is 3.39. The highest BCUT2D eigenvalue weighted by molar-refractivity contribution is 9.11. The van der Waals surface area contributed by atoms with Crippen LogP contribution in [0.4, 0.5) is 17.5 Å². The van der Waals surface area contributed by atoms with Crippen LogP contribution in [0.5, 0.6) is 11.5 Å². The van der Waals surface area contributed by atoms with Crippen molar-refractivity contribution in [1.29, 1.82) is 0 Å². The van der Waals surface area contributed by atoms with Crippen molar-refractivity contribution in [3.05, 3.63) is 102 Å². The van der Waals surface area contributed by atoms with E-state index in [0.29, 0.717) is 97.8 Å². The Kier molecular flexibility index (Phi) is 13.2. The van der Waals surface area contributed by atoms with E-state index in [-0.39, 0.29) is 40.3 Å². The van der Waals surface area contributed by atoms with Crippen molar-refractivity contribution in [3.8, 4) is 22.6 Å². The number of halogens is 3. The third-order valence-electron chi connectivity index (χ3n) is 9.44. The number of fused-ring (bicyclic) bond motifs is 1. The van der Waals surface area contributed by atoms with Crippen molar-refractivity contribution in [2.24, 2.45) is 7.05 Å². The monoisotopic (exact) mass is 943 g/mol. The van der Waals surface area contributed by atoms with Crippen LogP contribution in [0.3, 0.4) is 0 Å². The second-order valence-corrected chi connectivity index (χ2v) is 15.2. The van der Waals surface area contributed by atoms with Crippen molar-refractivity contribution in [3.63, 3.8) is 0 Å². The maximum Gasteiger partial charge on any atom is 0.390 e. The summed E-state index contributed by atoms with van der Waals surface area (Å²) in [6.45, 7) is 1.68. The minimum Gasteiger partial charge on any atom is -1.00 e. The molecule has 0 unspecified atom stereocenters. The molecule has 1 saturated heterocycles. The molecule has 15 nitrogen and oxygen atoms in total. The van der Waals surface area contributed by atoms with Crippen LogP contribution in [0.2, 0.25) is 0 Å². The Morgan fingerprint density at radius 2 is 1.73 bits per heavy atom. The van der Waals surface area contributed by atoms with E-state index in [0.717, 1.165) is 5.69 Å². The molecule has 6 rings (SSSR count). The quantitative estimate of drug-likeness (QED) is 0.0851. The van der Waals surface area contributed by atoms with E-state index < -0.39 is 4.92 Å². The molecule has 1 aliphatic rings. The van der Waals surface area contributed by atoms with Crippen molar-refractivity contribution in [1.82, 2.24) is 29.0 Å². The van der Waals surface area contributed by atoms with Gasteiger partial charge in [-0.1, -0.05) is 18.2 Å². The van der Waals surface area contributed by atoms with E-state index in [1.54, 1.807) is 65.8 Å². The first kappa shape index (κ1) is 41.5. The largest absolute Gasteiger partial charge is 1.00 e. The lowest BCUT2D eigenvalue weighted by Crippen LogP contribution is -3.00. The standard InChI is InChI=1S/C37H39Br2N9O6.BrH/c1-44-22-41-35(47(51)52)27(44)21-48(2,3)17-9-12-30(49)45-15-13-25(14-16-45)46-34-23(20-40-37(43-34)42-24-10-7-6-8-11-24)18-26(36(46)50)31-32(38)28(53-4)19-29(54-5)33(31)39;/h6-12,18-20,22,25H,13-17,21H2,1-5H3;1H/b12-9+;. The molecule has 4 heterocycles. The van der Waals surface area contributed by atoms with Crippen LogP contribution in [0.25, 0.3) is 22.2 Å². The van der Waals surface area contributed by atoms with Gasteiger partial charge >= 0.3 is 5.82 Å². The number of nitro groups is 1. The van der Waals surface area contributed by atoms with Gasteiger partial charge in [-0.05, 0) is 78.9 Å². The van der Waals surface area contributed by atoms with Gasteiger partial charge in [0.15, 0.2) is 5.69 Å². The van der Waals surface area contributed by atoms with E-state index in [1.807, 2.05) is 44.4 Å². The zero-order chi connectivity index (χ0) is 38.7. The SMILES string of the molecule is COc1cc(OC)c(Br)c(-c2cc3cnc(Nc4ccccc4)nc3n(C3CCN(C(=O)/C=C/C[N+](C)(C)Cc4c([N+](=O)[O-])ncn4C)CC3)c2=O)c1Br.[Br-]. The number of carbonyl (C=O) groups is 1. The molecule has 290 valence electrons. The average molecular weight is 946 g/mol. The van der Waals surface area contributed by atoms with E-state index >= 15 is 0 Å². The Labute approximate surface area is 344 Å². The summed E-state index contributed by atoms with van der Waals surface area (Å²) in [6, 6.07) is 12.8. The number of ether oxygens (including phenoxy) is 2. The van der Waals surface area contributed by atoms with Crippen LogP contribution in [-0.2, 0) is 18.4 Å². The van der Waals surface area contributed by atoms with Crippen LogP contribution in [0.15, 0.2) is 80.9 Å². The highest BCUT2D eigenvalue weighted by Gasteiger charge is 2.30. The number of quaternary nitrogens is 1. The fourth-order valence-corrected chi connectivity index (χ4v) is 8.25. The minimum absolute atomic E-state index is 0. The lowest BCUT2D eigenvalue weighted by molar-refractivity contribution is -0.898. The maximum atomic E-state index is 14.7. The normalized spacial score (nSPS) is 13.5. The summed E-state index contributed by atoms with van der Waals surface area (Å²) in [5.41, 5.74) is 2.48. The molecule has 3 aromatic heterocycles. The van der Waals surface area contributed by atoms with E-state index in [1.165, 1.54) is 6.33 Å². The number of hydrogen-bond donors (Lipinski definition) is 1. The Morgan fingerprint density at radius 1 is 1.07 bits per heavy atom. The van der Waals surface area contributed by atoms with Gasteiger partial charge in [-0.25, -0.2) is 4.98 Å². The number of piperidine rings is 1. The van der Waals surface area contributed by atoms with Gasteiger partial charge in [0.05, 0.1) is 49.4 Å². The summed E-state index contributed by atoms with van der Waals surface area (Å²) < 4.78 is 16.1. The molecule has 0 spiro atoms. The van der Waals surface area contributed by atoms with Gasteiger partial charge in [-0.3, -0.25) is 14.2 Å². The molecule has 1 amide bonds. The van der Waals surface area contributed by atoms with E-state index in [9.17, 15) is 19.7 Å². The van der Waals surface area contributed by atoms with Crippen LogP contribution < -0.4 is 37.3 Å². The minimum atomic E-state index is -0.479. The topological polar surface area (TPSA) is 160 Å². The van der Waals surface area contributed by atoms with Gasteiger partial charge in [-0.15, -0.1) is 0 Å². The number of likely N-dealkylation sites (tertiary alicyclic amines) is 1. The van der Waals surface area contributed by atoms with Gasteiger partial charge in [0, 0.05) is 61.2 Å². The number of pyridine rings is 1. The fourth-order valence-electron chi connectivity index (χ4n) is 6.61. The predicted molar refractivity (Wildman–Crippen MR) is 212 cm³/mol. The zero-order valence-electron chi connectivity index (χ0n) is 30.8. The number of benzene rings is 2. The zero-order valence-corrected chi connectivity index (χ0v) is 35.6. The smallest absolute Gasteiger partial charge is 0.390 e. The molecular weight excluding hydrogens is 906 g/mol. The molecule has 0 bridgehead atoms. The van der Waals surface area contributed by atoms with Crippen molar-refractivity contribution in [2.75, 3.05) is 53.3 Å². The molecule has 0 aliphatic carbocycles. The first-order chi connectivity index (χ1) is 25.8. The number of likely N-dealkylation sites (N-methyl/N-ethyl adjacent to an activating group) is 1. The van der Waals surface area contributed by atoms with Crippen molar-refractivity contribution < 1.29 is 40.7 Å². The number of imidazole rings is 1. The number of aromatic nitrogens is 5. The van der Waals surface area contributed by atoms with Gasteiger partial charge in [0.25, 0.3) is 5.56 Å². The summed E-state index contributed by atoms with van der Waals surface area (Å²) in [4.78, 5) is 54.2. The van der Waals surface area contributed by atoms with Crippen LogP contribution in [0, 0.1) is 10.1 Å². The van der Waals surface area contributed by atoms with Crippen LogP contribution >= 0.6 is 31.9 Å². The average Bonchev–Trinajstić information content (AvgIpc) is 3.51. The van der Waals surface area contributed by atoms with Gasteiger partial charge in [0.2, 0.25) is 18.2 Å². The molecule has 0 saturated carbocycles. The van der Waals surface area contributed by atoms with Crippen molar-refractivity contribution in [2.45, 2.75) is 25.4 Å². The van der Waals surface area contributed by atoms with Crippen LogP contribution in [0.1, 0.15) is 24.6 Å². The Morgan fingerprint density at radius 3 is 2.35 bits per heavy atom. The Balaban J connectivity index is 0.00000580. The van der Waals surface area contributed by atoms with Crippen molar-refractivity contribution >= 4 is 66.3 Å². The summed E-state index contributed by atoms with van der Waals surface area (Å²) in [7, 11) is 8.71. The van der Waals surface area contributed by atoms with Gasteiger partial charge in [-0.2, -0.15) is 4.98 Å². The van der Waals surface area contributed by atoms with E-state index in [4.69, 9.17) is 14.5 Å². The molecule has 55 heavy (non-hydrogen) atoms. The molecule has 1 fully saturated rings. The number of anilines is 2. The van der Waals surface area contributed by atoms with E-state index in [2.05, 4.69) is 47.1 Å². The highest BCUT2D eigenvalue weighted by atomic mass is 79.9. The van der Waals surface area contributed by atoms with Crippen LogP contribution in [-0.4, -0.2) is 92.2 Å². The Hall–Kier alpha value is -4.65. The molecule has 5 aromatic rings. The number of aryl methyl sites for hydroxylation is 1. The second-order valence-electron chi connectivity index (χ2n) is 13.6. The number of carbonyl (C=O) groups excluding carboxylic acids is 1. The second kappa shape index (κ2) is 17.4. The highest BCUT2D eigenvalue weighted by Crippen LogP contribution is 2.46. The lowest BCUT2D eigenvalue weighted by atomic mass is 10.0. The number of amides is 1. The fraction of sp³-hybridized carbons (Fsp3) is 0.324.